The molecule has 0 aliphatic carbocycles. The SMILES string of the molecule is CC(C)CC(NC(=O)c1cn(-c2ccncc2)c(-c2ccccc2)n1)C(=O)O. The van der Waals surface area contributed by atoms with Crippen LogP contribution < -0.4 is 5.32 Å². The van der Waals surface area contributed by atoms with Crippen LogP contribution in [0.3, 0.4) is 0 Å². The Kier molecular flexibility index (Phi) is 5.84. The van der Waals surface area contributed by atoms with Gasteiger partial charge in [0.05, 0.1) is 5.69 Å². The maximum Gasteiger partial charge on any atom is 0.326 e. The molecule has 144 valence electrons. The van der Waals surface area contributed by atoms with E-state index in [-0.39, 0.29) is 11.6 Å². The van der Waals surface area contributed by atoms with Gasteiger partial charge in [-0.05, 0) is 24.5 Å². The summed E-state index contributed by atoms with van der Waals surface area (Å²) in [7, 11) is 0. The summed E-state index contributed by atoms with van der Waals surface area (Å²) >= 11 is 0. The van der Waals surface area contributed by atoms with E-state index in [0.717, 1.165) is 11.3 Å². The number of imidazole rings is 1. The van der Waals surface area contributed by atoms with Gasteiger partial charge in [0.25, 0.3) is 5.91 Å². The lowest BCUT2D eigenvalue weighted by atomic mass is 10.0. The zero-order valence-electron chi connectivity index (χ0n) is 15.7. The van der Waals surface area contributed by atoms with Crippen LogP contribution in [0.15, 0.2) is 61.1 Å². The summed E-state index contributed by atoms with van der Waals surface area (Å²) in [4.78, 5) is 32.7. The van der Waals surface area contributed by atoms with Crippen LogP contribution >= 0.6 is 0 Å². The van der Waals surface area contributed by atoms with E-state index in [1.165, 1.54) is 0 Å². The Morgan fingerprint density at radius 1 is 1.11 bits per heavy atom. The lowest BCUT2D eigenvalue weighted by molar-refractivity contribution is -0.139. The molecule has 7 nitrogen and oxygen atoms in total. The first-order chi connectivity index (χ1) is 13.5. The van der Waals surface area contributed by atoms with Crippen LogP contribution in [-0.4, -0.2) is 37.6 Å². The number of hydrogen-bond acceptors (Lipinski definition) is 4. The van der Waals surface area contributed by atoms with Crippen LogP contribution in [0.4, 0.5) is 0 Å². The van der Waals surface area contributed by atoms with Crippen molar-refractivity contribution in [2.24, 2.45) is 5.92 Å². The van der Waals surface area contributed by atoms with Crippen molar-refractivity contribution in [3.8, 4) is 17.1 Å². The molecule has 0 saturated heterocycles. The second-order valence-corrected chi connectivity index (χ2v) is 6.89. The van der Waals surface area contributed by atoms with Gasteiger partial charge < -0.3 is 10.4 Å². The van der Waals surface area contributed by atoms with Crippen molar-refractivity contribution in [1.29, 1.82) is 0 Å². The van der Waals surface area contributed by atoms with Crippen molar-refractivity contribution in [3.63, 3.8) is 0 Å². The molecule has 1 aromatic carbocycles. The van der Waals surface area contributed by atoms with Gasteiger partial charge in [-0.25, -0.2) is 9.78 Å². The predicted octanol–water partition coefficient (Wildman–Crippen LogP) is 3.16. The topological polar surface area (TPSA) is 97.1 Å². The summed E-state index contributed by atoms with van der Waals surface area (Å²) in [6, 6.07) is 12.2. The fourth-order valence-corrected chi connectivity index (χ4v) is 2.91. The van der Waals surface area contributed by atoms with Crippen molar-refractivity contribution < 1.29 is 14.7 Å². The highest BCUT2D eigenvalue weighted by Crippen LogP contribution is 2.23. The van der Waals surface area contributed by atoms with E-state index in [4.69, 9.17) is 0 Å². The number of aromatic nitrogens is 3. The van der Waals surface area contributed by atoms with E-state index < -0.39 is 17.9 Å². The lowest BCUT2D eigenvalue weighted by Gasteiger charge is -2.15. The predicted molar refractivity (Wildman–Crippen MR) is 105 cm³/mol. The molecule has 7 heteroatoms. The van der Waals surface area contributed by atoms with E-state index >= 15 is 0 Å². The highest BCUT2D eigenvalue weighted by Gasteiger charge is 2.24. The second kappa shape index (κ2) is 8.47. The van der Waals surface area contributed by atoms with Crippen LogP contribution in [0.25, 0.3) is 17.1 Å². The molecule has 0 aliphatic rings. The van der Waals surface area contributed by atoms with Gasteiger partial charge in [0.15, 0.2) is 0 Å². The molecule has 3 rings (SSSR count). The smallest absolute Gasteiger partial charge is 0.326 e. The molecule has 1 amide bonds. The number of amides is 1. The van der Waals surface area contributed by atoms with Gasteiger partial charge >= 0.3 is 5.97 Å². The maximum absolute atomic E-state index is 12.7. The molecule has 2 aromatic heterocycles. The minimum absolute atomic E-state index is 0.135. The van der Waals surface area contributed by atoms with Gasteiger partial charge in [-0.15, -0.1) is 0 Å². The summed E-state index contributed by atoms with van der Waals surface area (Å²) in [5.41, 5.74) is 1.80. The monoisotopic (exact) mass is 378 g/mol. The van der Waals surface area contributed by atoms with Crippen LogP contribution in [-0.2, 0) is 4.79 Å². The Morgan fingerprint density at radius 3 is 2.39 bits per heavy atom. The second-order valence-electron chi connectivity index (χ2n) is 6.89. The summed E-state index contributed by atoms with van der Waals surface area (Å²) in [5.74, 6) is -0.847. The quantitative estimate of drug-likeness (QED) is 0.658. The number of benzene rings is 1. The Labute approximate surface area is 163 Å². The fraction of sp³-hybridized carbons (Fsp3) is 0.238. The molecule has 0 bridgehead atoms. The normalized spacial score (nSPS) is 12.0. The van der Waals surface area contributed by atoms with Crippen molar-refractivity contribution in [1.82, 2.24) is 19.9 Å². The first-order valence-electron chi connectivity index (χ1n) is 9.04. The van der Waals surface area contributed by atoms with Crippen molar-refractivity contribution >= 4 is 11.9 Å². The average Bonchev–Trinajstić information content (AvgIpc) is 3.14. The van der Waals surface area contributed by atoms with E-state index in [1.54, 1.807) is 23.2 Å². The van der Waals surface area contributed by atoms with Crippen molar-refractivity contribution in [2.75, 3.05) is 0 Å². The van der Waals surface area contributed by atoms with Crippen molar-refractivity contribution in [2.45, 2.75) is 26.3 Å². The molecule has 0 aliphatic heterocycles. The summed E-state index contributed by atoms with van der Waals surface area (Å²) in [5, 5.41) is 12.0. The molecular weight excluding hydrogens is 356 g/mol. The Balaban J connectivity index is 1.97. The first kappa shape index (κ1) is 19.3. The van der Waals surface area contributed by atoms with Gasteiger partial charge in [0.1, 0.15) is 17.6 Å². The highest BCUT2D eigenvalue weighted by molar-refractivity contribution is 5.95. The molecular formula is C21H22N4O3. The van der Waals surface area contributed by atoms with Crippen LogP contribution in [0, 0.1) is 5.92 Å². The van der Waals surface area contributed by atoms with Crippen LogP contribution in [0.2, 0.25) is 0 Å². The molecule has 3 aromatic rings. The number of aliphatic carboxylic acids is 1. The molecule has 1 unspecified atom stereocenters. The molecule has 28 heavy (non-hydrogen) atoms. The largest absolute Gasteiger partial charge is 0.480 e. The van der Waals surface area contributed by atoms with Gasteiger partial charge in [-0.1, -0.05) is 44.2 Å². The molecule has 0 radical (unpaired) electrons. The number of hydrogen-bond donors (Lipinski definition) is 2. The van der Waals surface area contributed by atoms with E-state index in [9.17, 15) is 14.7 Å². The number of carbonyl (C=O) groups is 2. The number of nitrogens with zero attached hydrogens (tertiary/aromatic N) is 3. The highest BCUT2D eigenvalue weighted by atomic mass is 16.4. The number of pyridine rings is 1. The van der Waals surface area contributed by atoms with Crippen molar-refractivity contribution in [3.05, 3.63) is 66.7 Å². The van der Waals surface area contributed by atoms with Gasteiger partial charge in [0.2, 0.25) is 0 Å². The number of nitrogens with one attached hydrogen (secondary N) is 1. The third-order valence-corrected chi connectivity index (χ3v) is 4.22. The van der Waals surface area contributed by atoms with E-state index in [1.807, 2.05) is 56.3 Å². The van der Waals surface area contributed by atoms with Gasteiger partial charge in [-0.2, -0.15) is 0 Å². The molecule has 1 atom stereocenters. The summed E-state index contributed by atoms with van der Waals surface area (Å²) in [6.07, 6.45) is 5.28. The summed E-state index contributed by atoms with van der Waals surface area (Å²) < 4.78 is 1.80. The average molecular weight is 378 g/mol. The van der Waals surface area contributed by atoms with E-state index in [0.29, 0.717) is 12.2 Å². The number of carbonyl (C=O) groups excluding carboxylic acids is 1. The number of rotatable bonds is 7. The Hall–Kier alpha value is -3.48. The zero-order valence-corrected chi connectivity index (χ0v) is 15.7. The minimum atomic E-state index is -1.06. The lowest BCUT2D eigenvalue weighted by Crippen LogP contribution is -2.41. The number of carboxylic acids is 1. The van der Waals surface area contributed by atoms with Gasteiger partial charge in [0, 0.05) is 24.2 Å². The molecule has 2 heterocycles. The molecule has 2 N–H and O–H groups in total. The molecule has 0 fully saturated rings. The first-order valence-corrected chi connectivity index (χ1v) is 9.04. The Bertz CT molecular complexity index is 895. The number of carboxylic acid groups (broad SMARTS) is 1. The molecule has 0 spiro atoms. The standard InChI is InChI=1S/C21H22N4O3/c1-14(2)12-17(21(27)28)24-20(26)18-13-25(16-8-10-22-11-9-16)19(23-18)15-6-4-3-5-7-15/h3-11,13-14,17H,12H2,1-2H3,(H,24,26)(H,27,28). The zero-order chi connectivity index (χ0) is 20.1. The maximum atomic E-state index is 12.7. The third-order valence-electron chi connectivity index (χ3n) is 4.22. The van der Waals surface area contributed by atoms with Gasteiger partial charge in [-0.3, -0.25) is 14.3 Å². The third kappa shape index (κ3) is 4.43. The Morgan fingerprint density at radius 2 is 1.79 bits per heavy atom. The van der Waals surface area contributed by atoms with E-state index in [2.05, 4.69) is 15.3 Å². The van der Waals surface area contributed by atoms with Crippen LogP contribution in [0.5, 0.6) is 0 Å². The van der Waals surface area contributed by atoms with Crippen LogP contribution in [0.1, 0.15) is 30.8 Å². The molecule has 0 saturated carbocycles. The minimum Gasteiger partial charge on any atom is -0.480 e. The summed E-state index contributed by atoms with van der Waals surface area (Å²) in [6.45, 7) is 3.82. The fourth-order valence-electron chi connectivity index (χ4n) is 2.91.